The molecule has 1 saturated carbocycles. The van der Waals surface area contributed by atoms with Crippen LogP contribution in [0.2, 0.25) is 0 Å². The largest absolute Gasteiger partial charge is 0.462 e. The number of carbonyl (C=O) groups is 2. The smallest absolute Gasteiger partial charge is 0.341 e. The van der Waals surface area contributed by atoms with E-state index in [0.29, 0.717) is 23.1 Å². The monoisotopic (exact) mass is 408 g/mol. The molecular formula is C18H24N4O3S2. The Morgan fingerprint density at radius 3 is 2.81 bits per heavy atom. The van der Waals surface area contributed by atoms with Crippen LogP contribution >= 0.6 is 23.1 Å². The van der Waals surface area contributed by atoms with Gasteiger partial charge in [0.05, 0.1) is 17.9 Å². The maximum absolute atomic E-state index is 12.4. The summed E-state index contributed by atoms with van der Waals surface area (Å²) in [7, 11) is 1.95. The fourth-order valence-electron chi connectivity index (χ4n) is 3.25. The van der Waals surface area contributed by atoms with Crippen molar-refractivity contribution in [3.63, 3.8) is 0 Å². The van der Waals surface area contributed by atoms with Crippen molar-refractivity contribution in [2.45, 2.75) is 50.6 Å². The van der Waals surface area contributed by atoms with Crippen LogP contribution in [0.4, 0.5) is 5.00 Å². The summed E-state index contributed by atoms with van der Waals surface area (Å²) in [5.41, 5.74) is 0.403. The second-order valence-electron chi connectivity index (χ2n) is 6.54. The average molecular weight is 409 g/mol. The van der Waals surface area contributed by atoms with Gasteiger partial charge in [-0.05, 0) is 32.8 Å². The number of esters is 1. The molecule has 1 fully saturated rings. The molecule has 0 saturated heterocycles. The number of hydrogen-bond donors (Lipinski definition) is 1. The first kappa shape index (κ1) is 19.9. The first-order valence-electron chi connectivity index (χ1n) is 9.09. The summed E-state index contributed by atoms with van der Waals surface area (Å²) in [6.45, 7) is 3.95. The fourth-order valence-corrected chi connectivity index (χ4v) is 4.89. The van der Waals surface area contributed by atoms with Gasteiger partial charge in [-0.25, -0.2) is 4.79 Å². The maximum Gasteiger partial charge on any atom is 0.341 e. The fraction of sp³-hybridized carbons (Fsp3) is 0.556. The van der Waals surface area contributed by atoms with E-state index in [4.69, 9.17) is 4.74 Å². The number of thioether (sulfide) groups is 1. The SMILES string of the molecule is CCOC(=O)c1cc(C)sc1NC(=O)CSc1nnc(C2CCCC2)n1C. The van der Waals surface area contributed by atoms with E-state index in [9.17, 15) is 9.59 Å². The van der Waals surface area contributed by atoms with Crippen molar-refractivity contribution in [2.24, 2.45) is 7.05 Å². The first-order valence-corrected chi connectivity index (χ1v) is 10.9. The molecule has 0 unspecified atom stereocenters. The van der Waals surface area contributed by atoms with Gasteiger partial charge in [0, 0.05) is 17.8 Å². The molecule has 7 nitrogen and oxygen atoms in total. The lowest BCUT2D eigenvalue weighted by Crippen LogP contribution is -2.16. The van der Waals surface area contributed by atoms with Gasteiger partial charge < -0.3 is 14.6 Å². The summed E-state index contributed by atoms with van der Waals surface area (Å²) < 4.78 is 7.04. The summed E-state index contributed by atoms with van der Waals surface area (Å²) in [5, 5.41) is 12.6. The molecule has 9 heteroatoms. The highest BCUT2D eigenvalue weighted by Gasteiger charge is 2.24. The van der Waals surface area contributed by atoms with E-state index in [0.717, 1.165) is 28.7 Å². The maximum atomic E-state index is 12.4. The van der Waals surface area contributed by atoms with Crippen LogP contribution in [0.5, 0.6) is 0 Å². The quantitative estimate of drug-likeness (QED) is 0.555. The molecule has 1 N–H and O–H groups in total. The number of aromatic nitrogens is 3. The number of thiophene rings is 1. The van der Waals surface area contributed by atoms with E-state index in [2.05, 4.69) is 15.5 Å². The van der Waals surface area contributed by atoms with Crippen molar-refractivity contribution >= 4 is 40.0 Å². The Morgan fingerprint density at radius 2 is 2.11 bits per heavy atom. The minimum absolute atomic E-state index is 0.183. The van der Waals surface area contributed by atoms with Crippen LogP contribution in [0.25, 0.3) is 0 Å². The molecule has 0 radical (unpaired) electrons. The number of hydrogen-bond acceptors (Lipinski definition) is 7. The zero-order chi connectivity index (χ0) is 19.4. The van der Waals surface area contributed by atoms with Crippen LogP contribution in [0.1, 0.15) is 59.6 Å². The molecule has 146 valence electrons. The third-order valence-corrected chi connectivity index (χ3v) is 6.51. The Balaban J connectivity index is 1.60. The first-order chi connectivity index (χ1) is 13.0. The predicted molar refractivity (Wildman–Crippen MR) is 107 cm³/mol. The number of nitrogens with one attached hydrogen (secondary N) is 1. The Morgan fingerprint density at radius 1 is 1.37 bits per heavy atom. The Labute approximate surface area is 166 Å². The van der Waals surface area contributed by atoms with Gasteiger partial charge in [0.2, 0.25) is 5.91 Å². The van der Waals surface area contributed by atoms with Gasteiger partial charge in [-0.3, -0.25) is 4.79 Å². The topological polar surface area (TPSA) is 86.1 Å². The highest BCUT2D eigenvalue weighted by atomic mass is 32.2. The average Bonchev–Trinajstić information content (AvgIpc) is 3.34. The molecule has 0 atom stereocenters. The Kier molecular flexibility index (Phi) is 6.54. The number of anilines is 1. The molecule has 2 heterocycles. The number of aryl methyl sites for hydroxylation is 1. The van der Waals surface area contributed by atoms with Crippen molar-refractivity contribution in [2.75, 3.05) is 17.7 Å². The van der Waals surface area contributed by atoms with Crippen molar-refractivity contribution in [3.05, 3.63) is 22.3 Å². The highest BCUT2D eigenvalue weighted by Crippen LogP contribution is 2.34. The molecule has 2 aromatic rings. The zero-order valence-electron chi connectivity index (χ0n) is 15.8. The van der Waals surface area contributed by atoms with Gasteiger partial charge in [0.25, 0.3) is 0 Å². The van der Waals surface area contributed by atoms with Gasteiger partial charge in [0.15, 0.2) is 5.16 Å². The van der Waals surface area contributed by atoms with Gasteiger partial charge in [-0.1, -0.05) is 24.6 Å². The van der Waals surface area contributed by atoms with E-state index in [-0.39, 0.29) is 11.7 Å². The molecule has 1 aliphatic rings. The van der Waals surface area contributed by atoms with E-state index in [1.54, 1.807) is 13.0 Å². The summed E-state index contributed by atoms with van der Waals surface area (Å²) in [4.78, 5) is 25.3. The van der Waals surface area contributed by atoms with Gasteiger partial charge in [-0.15, -0.1) is 21.5 Å². The molecule has 1 aliphatic carbocycles. The molecular weight excluding hydrogens is 384 g/mol. The molecule has 1 amide bonds. The number of rotatable bonds is 7. The number of nitrogens with zero attached hydrogens (tertiary/aromatic N) is 3. The standard InChI is InChI=1S/C18H24N4O3S2/c1-4-25-17(24)13-9-11(2)27-16(13)19-14(23)10-26-18-21-20-15(22(18)3)12-7-5-6-8-12/h9,12H,4-8,10H2,1-3H3,(H,19,23). The summed E-state index contributed by atoms with van der Waals surface area (Å²) in [6, 6.07) is 1.74. The number of ether oxygens (including phenoxy) is 1. The summed E-state index contributed by atoms with van der Waals surface area (Å²) in [6.07, 6.45) is 4.80. The van der Waals surface area contributed by atoms with Crippen LogP contribution in [-0.2, 0) is 16.6 Å². The van der Waals surface area contributed by atoms with Crippen LogP contribution in [-0.4, -0.2) is 39.0 Å². The van der Waals surface area contributed by atoms with Crippen LogP contribution in [0.15, 0.2) is 11.2 Å². The van der Waals surface area contributed by atoms with Gasteiger partial charge >= 0.3 is 5.97 Å². The second-order valence-corrected chi connectivity index (χ2v) is 8.74. The lowest BCUT2D eigenvalue weighted by atomic mass is 10.1. The molecule has 27 heavy (non-hydrogen) atoms. The molecule has 0 aliphatic heterocycles. The number of carbonyl (C=O) groups excluding carboxylic acids is 2. The minimum atomic E-state index is -0.417. The van der Waals surface area contributed by atoms with Crippen molar-refractivity contribution < 1.29 is 14.3 Å². The third kappa shape index (κ3) is 4.70. The van der Waals surface area contributed by atoms with Crippen molar-refractivity contribution in [1.82, 2.24) is 14.8 Å². The van der Waals surface area contributed by atoms with E-state index in [1.165, 1.54) is 35.9 Å². The number of amides is 1. The van der Waals surface area contributed by atoms with Crippen molar-refractivity contribution in [1.29, 1.82) is 0 Å². The lowest BCUT2D eigenvalue weighted by molar-refractivity contribution is -0.113. The van der Waals surface area contributed by atoms with Crippen LogP contribution in [0, 0.1) is 6.92 Å². The van der Waals surface area contributed by atoms with Crippen LogP contribution in [0.3, 0.4) is 0 Å². The van der Waals surface area contributed by atoms with Crippen LogP contribution < -0.4 is 5.32 Å². The zero-order valence-corrected chi connectivity index (χ0v) is 17.4. The second kappa shape index (κ2) is 8.88. The molecule has 0 aromatic carbocycles. The van der Waals surface area contributed by atoms with E-state index in [1.807, 2.05) is 18.5 Å². The Bertz CT molecular complexity index is 825. The van der Waals surface area contributed by atoms with E-state index < -0.39 is 5.97 Å². The predicted octanol–water partition coefficient (Wildman–Crippen LogP) is 3.75. The summed E-state index contributed by atoms with van der Waals surface area (Å²) in [5.74, 6) is 1.09. The molecule has 0 spiro atoms. The molecule has 3 rings (SSSR count). The van der Waals surface area contributed by atoms with Gasteiger partial charge in [0.1, 0.15) is 10.8 Å². The third-order valence-electron chi connectivity index (χ3n) is 4.52. The highest BCUT2D eigenvalue weighted by molar-refractivity contribution is 7.99. The lowest BCUT2D eigenvalue weighted by Gasteiger charge is -2.09. The summed E-state index contributed by atoms with van der Waals surface area (Å²) >= 11 is 2.72. The van der Waals surface area contributed by atoms with E-state index >= 15 is 0 Å². The van der Waals surface area contributed by atoms with Gasteiger partial charge in [-0.2, -0.15) is 0 Å². The normalized spacial score (nSPS) is 14.5. The van der Waals surface area contributed by atoms with Crippen molar-refractivity contribution in [3.8, 4) is 0 Å². The molecule has 2 aromatic heterocycles. The Hall–Kier alpha value is -1.87. The molecule has 0 bridgehead atoms. The minimum Gasteiger partial charge on any atom is -0.462 e.